The Labute approximate surface area is 183 Å². The van der Waals surface area contributed by atoms with Gasteiger partial charge in [-0.15, -0.1) is 0 Å². The molecule has 1 aliphatic rings. The number of aliphatic hydroxyl groups excluding tert-OH is 1. The lowest BCUT2D eigenvalue weighted by Crippen LogP contribution is -2.30. The smallest absolute Gasteiger partial charge is 0.301 e. The zero-order chi connectivity index (χ0) is 22.8. The number of carbonyl (C=O) groups is 2. The van der Waals surface area contributed by atoms with Crippen LogP contribution in [0, 0.1) is 5.82 Å². The number of benzene rings is 2. The number of hydrogen-bond acceptors (Lipinski definition) is 6. The molecule has 1 atom stereocenters. The maximum atomic E-state index is 13.4. The van der Waals surface area contributed by atoms with Gasteiger partial charge >= 0.3 is 5.91 Å². The number of pyridine rings is 1. The van der Waals surface area contributed by atoms with Gasteiger partial charge in [0.05, 0.1) is 25.8 Å². The summed E-state index contributed by atoms with van der Waals surface area (Å²) in [4.78, 5) is 31.5. The quantitative estimate of drug-likeness (QED) is 0.373. The van der Waals surface area contributed by atoms with Crippen LogP contribution in [0.25, 0.3) is 5.76 Å². The fourth-order valence-electron chi connectivity index (χ4n) is 3.67. The average molecular weight is 434 g/mol. The van der Waals surface area contributed by atoms with Crippen molar-refractivity contribution in [3.8, 4) is 11.5 Å². The highest BCUT2D eigenvalue weighted by atomic mass is 19.1. The first-order chi connectivity index (χ1) is 15.5. The molecule has 2 heterocycles. The maximum absolute atomic E-state index is 13.4. The van der Waals surface area contributed by atoms with Crippen molar-refractivity contribution in [1.29, 1.82) is 0 Å². The number of nitrogens with zero attached hydrogens (tertiary/aromatic N) is 2. The van der Waals surface area contributed by atoms with Crippen LogP contribution in [0.1, 0.15) is 17.2 Å². The highest BCUT2D eigenvalue weighted by Crippen LogP contribution is 2.43. The molecule has 1 saturated heterocycles. The molecular weight excluding hydrogens is 415 g/mol. The van der Waals surface area contributed by atoms with Gasteiger partial charge in [-0.05, 0) is 54.1 Å². The third kappa shape index (κ3) is 3.56. The Morgan fingerprint density at radius 1 is 1.00 bits per heavy atom. The molecule has 0 bridgehead atoms. The zero-order valence-corrected chi connectivity index (χ0v) is 17.3. The van der Waals surface area contributed by atoms with E-state index in [2.05, 4.69) is 4.98 Å². The summed E-state index contributed by atoms with van der Waals surface area (Å²) in [6.07, 6.45) is 1.50. The van der Waals surface area contributed by atoms with Crippen LogP contribution in [-0.4, -0.2) is 36.0 Å². The lowest BCUT2D eigenvalue weighted by molar-refractivity contribution is -0.132. The second-order valence-electron chi connectivity index (χ2n) is 6.98. The van der Waals surface area contributed by atoms with Crippen LogP contribution >= 0.6 is 0 Å². The predicted octanol–water partition coefficient (Wildman–Crippen LogP) is 3.86. The molecular formula is C24H19FN2O5. The van der Waals surface area contributed by atoms with Gasteiger partial charge < -0.3 is 14.6 Å². The van der Waals surface area contributed by atoms with Crippen molar-refractivity contribution in [3.63, 3.8) is 0 Å². The van der Waals surface area contributed by atoms with E-state index in [4.69, 9.17) is 9.47 Å². The van der Waals surface area contributed by atoms with Crippen molar-refractivity contribution in [2.45, 2.75) is 6.04 Å². The highest BCUT2D eigenvalue weighted by Gasteiger charge is 2.47. The van der Waals surface area contributed by atoms with Gasteiger partial charge in [0.2, 0.25) is 0 Å². The van der Waals surface area contributed by atoms with E-state index >= 15 is 0 Å². The normalized spacial score (nSPS) is 17.5. The molecule has 162 valence electrons. The number of Topliss-reactive ketones (excluding diaryl/α,β-unsaturated/α-hetero) is 1. The molecule has 8 heteroatoms. The molecule has 0 radical (unpaired) electrons. The second-order valence-corrected chi connectivity index (χ2v) is 6.98. The molecule has 4 rings (SSSR count). The molecule has 0 spiro atoms. The van der Waals surface area contributed by atoms with Gasteiger partial charge in [0, 0.05) is 11.8 Å². The number of anilines is 1. The average Bonchev–Trinajstić information content (AvgIpc) is 3.09. The Morgan fingerprint density at radius 2 is 1.72 bits per heavy atom. The van der Waals surface area contributed by atoms with Crippen LogP contribution in [-0.2, 0) is 9.59 Å². The summed E-state index contributed by atoms with van der Waals surface area (Å²) in [6.45, 7) is 0. The Kier molecular flexibility index (Phi) is 5.59. The minimum Gasteiger partial charge on any atom is -0.507 e. The maximum Gasteiger partial charge on any atom is 0.301 e. The molecule has 1 amide bonds. The summed E-state index contributed by atoms with van der Waals surface area (Å²) < 4.78 is 24.0. The minimum absolute atomic E-state index is 0.139. The third-order valence-electron chi connectivity index (χ3n) is 5.18. The van der Waals surface area contributed by atoms with Gasteiger partial charge in [0.1, 0.15) is 17.4 Å². The number of ketones is 1. The number of methoxy groups -OCH3 is 2. The molecule has 3 aromatic rings. The largest absolute Gasteiger partial charge is 0.507 e. The Bertz CT molecular complexity index is 1210. The van der Waals surface area contributed by atoms with Gasteiger partial charge in [-0.25, -0.2) is 9.37 Å². The first kappa shape index (κ1) is 21.0. The molecule has 32 heavy (non-hydrogen) atoms. The number of halogens is 1. The third-order valence-corrected chi connectivity index (χ3v) is 5.18. The van der Waals surface area contributed by atoms with E-state index in [1.54, 1.807) is 36.4 Å². The summed E-state index contributed by atoms with van der Waals surface area (Å²) in [7, 11) is 2.96. The van der Waals surface area contributed by atoms with Gasteiger partial charge in [0.25, 0.3) is 5.78 Å². The fraction of sp³-hybridized carbons (Fsp3) is 0.125. The molecule has 1 aliphatic heterocycles. The highest BCUT2D eigenvalue weighted by molar-refractivity contribution is 6.51. The lowest BCUT2D eigenvalue weighted by atomic mass is 9.95. The number of rotatable bonds is 5. The number of aromatic nitrogens is 1. The van der Waals surface area contributed by atoms with Crippen LogP contribution < -0.4 is 14.4 Å². The van der Waals surface area contributed by atoms with E-state index in [1.807, 2.05) is 0 Å². The number of carbonyl (C=O) groups excluding carboxylic acids is 2. The van der Waals surface area contributed by atoms with E-state index in [-0.39, 0.29) is 17.0 Å². The van der Waals surface area contributed by atoms with E-state index in [9.17, 15) is 19.1 Å². The lowest BCUT2D eigenvalue weighted by Gasteiger charge is -2.25. The molecule has 7 nitrogen and oxygen atoms in total. The first-order valence-corrected chi connectivity index (χ1v) is 9.66. The molecule has 0 saturated carbocycles. The first-order valence-electron chi connectivity index (χ1n) is 9.66. The van der Waals surface area contributed by atoms with Crippen LogP contribution in [0.2, 0.25) is 0 Å². The van der Waals surface area contributed by atoms with Gasteiger partial charge in [-0.2, -0.15) is 0 Å². The van der Waals surface area contributed by atoms with E-state index in [0.717, 1.165) is 12.1 Å². The summed E-state index contributed by atoms with van der Waals surface area (Å²) in [5, 5.41) is 11.0. The topological polar surface area (TPSA) is 89.0 Å². The van der Waals surface area contributed by atoms with Crippen LogP contribution in [0.15, 0.2) is 72.4 Å². The Hall–Kier alpha value is -4.20. The van der Waals surface area contributed by atoms with E-state index in [0.29, 0.717) is 17.1 Å². The van der Waals surface area contributed by atoms with E-state index in [1.165, 1.54) is 37.4 Å². The summed E-state index contributed by atoms with van der Waals surface area (Å²) in [5.41, 5.74) is 0.562. The monoisotopic (exact) mass is 434 g/mol. The predicted molar refractivity (Wildman–Crippen MR) is 115 cm³/mol. The van der Waals surface area contributed by atoms with Crippen molar-refractivity contribution >= 4 is 23.3 Å². The van der Waals surface area contributed by atoms with Crippen LogP contribution in [0.4, 0.5) is 10.2 Å². The molecule has 1 aromatic heterocycles. The molecule has 0 aliphatic carbocycles. The van der Waals surface area contributed by atoms with E-state index < -0.39 is 29.3 Å². The minimum atomic E-state index is -0.991. The van der Waals surface area contributed by atoms with Crippen LogP contribution in [0.5, 0.6) is 11.5 Å². The van der Waals surface area contributed by atoms with Crippen molar-refractivity contribution < 1.29 is 28.6 Å². The summed E-state index contributed by atoms with van der Waals surface area (Å²) in [5.74, 6) is -1.53. The SMILES string of the molecule is COc1ccc([C@@H]2C(=C(O)c3ccc(F)cc3)C(=O)C(=O)N2c2ccccn2)cc1OC. The molecule has 0 unspecified atom stereocenters. The van der Waals surface area contributed by atoms with Crippen molar-refractivity contribution in [2.24, 2.45) is 0 Å². The van der Waals surface area contributed by atoms with Crippen LogP contribution in [0.3, 0.4) is 0 Å². The molecule has 1 fully saturated rings. The van der Waals surface area contributed by atoms with Gasteiger partial charge in [-0.1, -0.05) is 12.1 Å². The van der Waals surface area contributed by atoms with Gasteiger partial charge in [-0.3, -0.25) is 14.5 Å². The number of hydrogen-bond donors (Lipinski definition) is 1. The number of amides is 1. The Morgan fingerprint density at radius 3 is 2.34 bits per heavy atom. The fourth-order valence-corrected chi connectivity index (χ4v) is 3.67. The summed E-state index contributed by atoms with van der Waals surface area (Å²) >= 11 is 0. The number of aliphatic hydroxyl groups is 1. The summed E-state index contributed by atoms with van der Waals surface area (Å²) in [6, 6.07) is 13.9. The van der Waals surface area contributed by atoms with Gasteiger partial charge in [0.15, 0.2) is 11.5 Å². The number of ether oxygens (including phenoxy) is 2. The standard InChI is InChI=1S/C24H19FN2O5/c1-31-17-11-8-15(13-18(17)32-2)21-20(22(28)14-6-9-16(25)10-7-14)23(29)24(30)27(21)19-5-3-4-12-26-19/h3-13,21,28H,1-2H3/t21-/m1/s1. The van der Waals surface area contributed by atoms with Crippen molar-refractivity contribution in [1.82, 2.24) is 4.98 Å². The Balaban J connectivity index is 1.96. The van der Waals surface area contributed by atoms with Crippen molar-refractivity contribution in [2.75, 3.05) is 19.1 Å². The zero-order valence-electron chi connectivity index (χ0n) is 17.3. The molecule has 2 aromatic carbocycles. The second kappa shape index (κ2) is 8.50. The molecule has 1 N–H and O–H groups in total. The van der Waals surface area contributed by atoms with Crippen molar-refractivity contribution in [3.05, 3.63) is 89.4 Å².